The molecular weight excluding hydrogens is 226 g/mol. The third-order valence-electron chi connectivity index (χ3n) is 3.23. The predicted octanol–water partition coefficient (Wildman–Crippen LogP) is 2.17. The predicted molar refractivity (Wildman–Crippen MR) is 71.2 cm³/mol. The molecular formula is C14H15N3O. The average Bonchev–Trinajstić information content (AvgIpc) is 2.39. The number of rotatable bonds is 1. The van der Waals surface area contributed by atoms with Crippen molar-refractivity contribution in [3.63, 3.8) is 0 Å². The Balaban J connectivity index is 2.04. The minimum absolute atomic E-state index is 0.0638. The Bertz CT molecular complexity index is 609. The second-order valence-corrected chi connectivity index (χ2v) is 4.60. The number of hydrazine groups is 1. The van der Waals surface area contributed by atoms with Gasteiger partial charge in [-0.3, -0.25) is 15.2 Å². The van der Waals surface area contributed by atoms with Crippen LogP contribution in [-0.4, -0.2) is 17.4 Å². The fourth-order valence-electron chi connectivity index (χ4n) is 2.30. The molecule has 0 unspecified atom stereocenters. The minimum atomic E-state index is 0.0638. The summed E-state index contributed by atoms with van der Waals surface area (Å²) in [4.78, 5) is 16.0. The van der Waals surface area contributed by atoms with Crippen LogP contribution >= 0.6 is 0 Å². The summed E-state index contributed by atoms with van der Waals surface area (Å²) in [5, 5.41) is 3.00. The maximum absolute atomic E-state index is 11.4. The molecule has 92 valence electrons. The normalized spacial score (nSPS) is 15.8. The van der Waals surface area contributed by atoms with Gasteiger partial charge in [0.05, 0.1) is 5.52 Å². The van der Waals surface area contributed by atoms with E-state index in [9.17, 15) is 4.79 Å². The summed E-state index contributed by atoms with van der Waals surface area (Å²) in [5.41, 5.74) is 5.00. The number of para-hydroxylation sites is 1. The van der Waals surface area contributed by atoms with Crippen LogP contribution in [0, 0.1) is 6.92 Å². The van der Waals surface area contributed by atoms with Crippen molar-refractivity contribution in [2.24, 2.45) is 0 Å². The fraction of sp³-hybridized carbons (Fsp3) is 0.286. The molecule has 4 heteroatoms. The van der Waals surface area contributed by atoms with E-state index in [4.69, 9.17) is 0 Å². The van der Waals surface area contributed by atoms with Gasteiger partial charge in [0.2, 0.25) is 5.91 Å². The van der Waals surface area contributed by atoms with E-state index in [1.54, 1.807) is 0 Å². The molecule has 1 aromatic carbocycles. The quantitative estimate of drug-likeness (QED) is 0.832. The molecule has 0 radical (unpaired) electrons. The SMILES string of the molecule is Cc1cc(N2CCCC(=O)N2)nc2ccccc12. The number of fused-ring (bicyclic) bond motifs is 1. The number of aromatic nitrogens is 1. The number of nitrogens with one attached hydrogen (secondary N) is 1. The molecule has 1 amide bonds. The Morgan fingerprint density at radius 1 is 1.33 bits per heavy atom. The van der Waals surface area contributed by atoms with E-state index in [0.29, 0.717) is 6.42 Å². The van der Waals surface area contributed by atoms with Crippen LogP contribution in [0.2, 0.25) is 0 Å². The Morgan fingerprint density at radius 3 is 3.00 bits per heavy atom. The summed E-state index contributed by atoms with van der Waals surface area (Å²) in [5.74, 6) is 0.883. The van der Waals surface area contributed by atoms with E-state index in [1.807, 2.05) is 29.3 Å². The Labute approximate surface area is 106 Å². The second kappa shape index (κ2) is 4.29. The second-order valence-electron chi connectivity index (χ2n) is 4.60. The van der Waals surface area contributed by atoms with E-state index in [-0.39, 0.29) is 5.91 Å². The molecule has 0 saturated carbocycles. The smallest absolute Gasteiger partial charge is 0.238 e. The van der Waals surface area contributed by atoms with Crippen molar-refractivity contribution in [1.29, 1.82) is 0 Å². The van der Waals surface area contributed by atoms with Crippen molar-refractivity contribution in [1.82, 2.24) is 10.4 Å². The molecule has 18 heavy (non-hydrogen) atoms. The Hall–Kier alpha value is -2.10. The summed E-state index contributed by atoms with van der Waals surface area (Å²) < 4.78 is 0. The monoisotopic (exact) mass is 241 g/mol. The van der Waals surface area contributed by atoms with Crippen LogP contribution < -0.4 is 10.4 Å². The zero-order valence-corrected chi connectivity index (χ0v) is 10.3. The lowest BCUT2D eigenvalue weighted by atomic mass is 10.1. The average molecular weight is 241 g/mol. The molecule has 4 nitrogen and oxygen atoms in total. The largest absolute Gasteiger partial charge is 0.273 e. The Kier molecular flexibility index (Phi) is 2.63. The number of amides is 1. The van der Waals surface area contributed by atoms with Crippen LogP contribution in [0.15, 0.2) is 30.3 Å². The van der Waals surface area contributed by atoms with Gasteiger partial charge in [0.25, 0.3) is 0 Å². The lowest BCUT2D eigenvalue weighted by molar-refractivity contribution is -0.122. The third-order valence-corrected chi connectivity index (χ3v) is 3.23. The van der Waals surface area contributed by atoms with Gasteiger partial charge >= 0.3 is 0 Å². The molecule has 3 rings (SSSR count). The number of hydrogen-bond acceptors (Lipinski definition) is 3. The van der Waals surface area contributed by atoms with E-state index in [1.165, 1.54) is 5.56 Å². The van der Waals surface area contributed by atoms with Gasteiger partial charge in [-0.2, -0.15) is 0 Å². The molecule has 1 fully saturated rings. The van der Waals surface area contributed by atoms with Gasteiger partial charge in [-0.05, 0) is 31.0 Å². The van der Waals surface area contributed by atoms with E-state index in [2.05, 4.69) is 23.4 Å². The molecule has 0 spiro atoms. The molecule has 0 bridgehead atoms. The first-order chi connectivity index (χ1) is 8.74. The number of benzene rings is 1. The van der Waals surface area contributed by atoms with Crippen molar-refractivity contribution < 1.29 is 4.79 Å². The molecule has 1 aliphatic heterocycles. The van der Waals surface area contributed by atoms with Crippen molar-refractivity contribution >= 4 is 22.6 Å². The van der Waals surface area contributed by atoms with Gasteiger partial charge in [0.1, 0.15) is 5.82 Å². The highest BCUT2D eigenvalue weighted by Gasteiger charge is 2.17. The number of carbonyl (C=O) groups is 1. The minimum Gasteiger partial charge on any atom is -0.273 e. The van der Waals surface area contributed by atoms with E-state index < -0.39 is 0 Å². The molecule has 2 heterocycles. The van der Waals surface area contributed by atoms with Crippen LogP contribution in [0.25, 0.3) is 10.9 Å². The van der Waals surface area contributed by atoms with Gasteiger partial charge in [-0.1, -0.05) is 18.2 Å². The third kappa shape index (κ3) is 1.90. The number of carbonyl (C=O) groups excluding carboxylic acids is 1. The maximum atomic E-state index is 11.4. The number of aryl methyl sites for hydroxylation is 1. The number of anilines is 1. The van der Waals surface area contributed by atoms with Crippen molar-refractivity contribution in [3.05, 3.63) is 35.9 Å². The summed E-state index contributed by atoms with van der Waals surface area (Å²) in [6, 6.07) is 10.1. The molecule has 2 aromatic rings. The highest BCUT2D eigenvalue weighted by atomic mass is 16.2. The lowest BCUT2D eigenvalue weighted by Gasteiger charge is -2.28. The van der Waals surface area contributed by atoms with Gasteiger partial charge in [-0.15, -0.1) is 0 Å². The van der Waals surface area contributed by atoms with Gasteiger partial charge in [0.15, 0.2) is 0 Å². The summed E-state index contributed by atoms with van der Waals surface area (Å²) in [7, 11) is 0. The maximum Gasteiger partial charge on any atom is 0.238 e. The van der Waals surface area contributed by atoms with Crippen LogP contribution in [0.5, 0.6) is 0 Å². The van der Waals surface area contributed by atoms with Crippen molar-refractivity contribution in [2.45, 2.75) is 19.8 Å². The molecule has 1 N–H and O–H groups in total. The molecule has 0 aliphatic carbocycles. The zero-order valence-electron chi connectivity index (χ0n) is 10.3. The van der Waals surface area contributed by atoms with E-state index >= 15 is 0 Å². The highest BCUT2D eigenvalue weighted by Crippen LogP contribution is 2.22. The van der Waals surface area contributed by atoms with Gasteiger partial charge in [-0.25, -0.2) is 4.98 Å². The van der Waals surface area contributed by atoms with Crippen LogP contribution in [0.1, 0.15) is 18.4 Å². The van der Waals surface area contributed by atoms with Crippen LogP contribution in [0.4, 0.5) is 5.82 Å². The zero-order chi connectivity index (χ0) is 12.5. The number of nitrogens with zero attached hydrogens (tertiary/aromatic N) is 2. The molecule has 0 atom stereocenters. The highest BCUT2D eigenvalue weighted by molar-refractivity contribution is 5.84. The molecule has 1 aromatic heterocycles. The van der Waals surface area contributed by atoms with Gasteiger partial charge < -0.3 is 0 Å². The number of hydrogen-bond donors (Lipinski definition) is 1. The first kappa shape index (κ1) is 11.0. The van der Waals surface area contributed by atoms with E-state index in [0.717, 1.165) is 29.7 Å². The number of pyridine rings is 1. The topological polar surface area (TPSA) is 45.2 Å². The van der Waals surface area contributed by atoms with Crippen LogP contribution in [0.3, 0.4) is 0 Å². The van der Waals surface area contributed by atoms with Gasteiger partial charge in [0, 0.05) is 18.4 Å². The standard InChI is InChI=1S/C14H15N3O/c1-10-9-13(17-8-4-7-14(18)16-17)15-12-6-3-2-5-11(10)12/h2-3,5-6,9H,4,7-8H2,1H3,(H,16,18). The fourth-order valence-corrected chi connectivity index (χ4v) is 2.30. The first-order valence-electron chi connectivity index (χ1n) is 6.17. The summed E-state index contributed by atoms with van der Waals surface area (Å²) >= 11 is 0. The first-order valence-corrected chi connectivity index (χ1v) is 6.17. The lowest BCUT2D eigenvalue weighted by Crippen LogP contribution is -2.47. The Morgan fingerprint density at radius 2 is 2.17 bits per heavy atom. The molecule has 1 saturated heterocycles. The molecule has 1 aliphatic rings. The summed E-state index contributed by atoms with van der Waals surface area (Å²) in [6.07, 6.45) is 1.47. The van der Waals surface area contributed by atoms with Crippen molar-refractivity contribution in [2.75, 3.05) is 11.6 Å². The van der Waals surface area contributed by atoms with Crippen molar-refractivity contribution in [3.8, 4) is 0 Å². The summed E-state index contributed by atoms with van der Waals surface area (Å²) in [6.45, 7) is 2.88. The van der Waals surface area contributed by atoms with Crippen LogP contribution in [-0.2, 0) is 4.79 Å².